The molecule has 156 valence electrons. The van der Waals surface area contributed by atoms with Crippen LogP contribution < -0.4 is 14.8 Å². The van der Waals surface area contributed by atoms with Crippen LogP contribution in [0.15, 0.2) is 71.6 Å². The fraction of sp³-hybridized carbons (Fsp3) is 0.174. The Morgan fingerprint density at radius 1 is 0.833 bits per heavy atom. The smallest absolute Gasteiger partial charge is 0.262 e. The Morgan fingerprint density at radius 2 is 1.47 bits per heavy atom. The molecule has 30 heavy (non-hydrogen) atoms. The summed E-state index contributed by atoms with van der Waals surface area (Å²) in [4.78, 5) is 12.2. The number of carbonyl (C=O) groups is 1. The van der Waals surface area contributed by atoms with Crippen LogP contribution in [0.25, 0.3) is 0 Å². The molecule has 0 aromatic heterocycles. The molecule has 0 aliphatic rings. The molecule has 3 rings (SSSR count). The van der Waals surface area contributed by atoms with Gasteiger partial charge in [0.05, 0.1) is 4.90 Å². The van der Waals surface area contributed by atoms with Crippen molar-refractivity contribution in [3.63, 3.8) is 0 Å². The minimum Gasteiger partial charge on any atom is -0.484 e. The van der Waals surface area contributed by atoms with Gasteiger partial charge in [-0.15, -0.1) is 0 Å². The van der Waals surface area contributed by atoms with E-state index in [1.165, 1.54) is 24.3 Å². The number of nitrogens with one attached hydrogen (secondary N) is 2. The quantitative estimate of drug-likeness (QED) is 0.588. The van der Waals surface area contributed by atoms with Gasteiger partial charge >= 0.3 is 0 Å². The monoisotopic (exact) mass is 424 g/mol. The lowest BCUT2D eigenvalue weighted by molar-refractivity contribution is -0.118. The molecule has 0 spiro atoms. The fourth-order valence-electron chi connectivity index (χ4n) is 2.72. The Labute approximate surface area is 177 Å². The summed E-state index contributed by atoms with van der Waals surface area (Å²) in [6.45, 7) is 5.73. The van der Waals surface area contributed by atoms with Crippen molar-refractivity contribution in [2.75, 3.05) is 16.6 Å². The fourth-order valence-corrected chi connectivity index (χ4v) is 3.77. The zero-order valence-electron chi connectivity index (χ0n) is 17.1. The summed E-state index contributed by atoms with van der Waals surface area (Å²) in [7, 11) is -3.71. The van der Waals surface area contributed by atoms with Crippen LogP contribution in [-0.4, -0.2) is 20.9 Å². The number of sulfonamides is 1. The van der Waals surface area contributed by atoms with Crippen molar-refractivity contribution < 1.29 is 17.9 Å². The Kier molecular flexibility index (Phi) is 6.42. The van der Waals surface area contributed by atoms with Gasteiger partial charge < -0.3 is 10.1 Å². The molecule has 1 amide bonds. The minimum atomic E-state index is -3.71. The van der Waals surface area contributed by atoms with Gasteiger partial charge in [-0.1, -0.05) is 23.8 Å². The maximum Gasteiger partial charge on any atom is 0.262 e. The molecule has 0 saturated carbocycles. The van der Waals surface area contributed by atoms with Gasteiger partial charge in [0.25, 0.3) is 15.9 Å². The van der Waals surface area contributed by atoms with Crippen LogP contribution in [0.5, 0.6) is 5.75 Å². The van der Waals surface area contributed by atoms with Gasteiger partial charge in [0, 0.05) is 11.4 Å². The van der Waals surface area contributed by atoms with Gasteiger partial charge in [0.1, 0.15) is 5.75 Å². The van der Waals surface area contributed by atoms with Crippen molar-refractivity contribution >= 4 is 27.3 Å². The zero-order valence-corrected chi connectivity index (χ0v) is 17.9. The number of rotatable bonds is 7. The summed E-state index contributed by atoms with van der Waals surface area (Å²) < 4.78 is 33.0. The van der Waals surface area contributed by atoms with Crippen molar-refractivity contribution in [2.45, 2.75) is 25.7 Å². The van der Waals surface area contributed by atoms with Crippen LogP contribution in [0, 0.1) is 20.8 Å². The Hall–Kier alpha value is -3.32. The Bertz CT molecular complexity index is 1140. The topological polar surface area (TPSA) is 84.5 Å². The Balaban J connectivity index is 1.57. The van der Waals surface area contributed by atoms with E-state index in [9.17, 15) is 13.2 Å². The van der Waals surface area contributed by atoms with E-state index in [-0.39, 0.29) is 17.4 Å². The summed E-state index contributed by atoms with van der Waals surface area (Å²) in [6.07, 6.45) is 0. The van der Waals surface area contributed by atoms with E-state index in [0.717, 1.165) is 16.7 Å². The lowest BCUT2D eigenvalue weighted by atomic mass is 10.1. The second-order valence-corrected chi connectivity index (χ2v) is 8.76. The summed E-state index contributed by atoms with van der Waals surface area (Å²) in [5, 5.41) is 2.78. The molecule has 2 N–H and O–H groups in total. The number of hydrogen-bond donors (Lipinski definition) is 2. The maximum absolute atomic E-state index is 12.5. The molecule has 7 heteroatoms. The number of anilines is 2. The van der Waals surface area contributed by atoms with Crippen molar-refractivity contribution in [2.24, 2.45) is 0 Å². The predicted molar refractivity (Wildman–Crippen MR) is 118 cm³/mol. The molecule has 6 nitrogen and oxygen atoms in total. The number of amides is 1. The highest BCUT2D eigenvalue weighted by atomic mass is 32.2. The summed E-state index contributed by atoms with van der Waals surface area (Å²) in [5.41, 5.74) is 4.47. The average molecular weight is 425 g/mol. The molecular weight excluding hydrogens is 400 g/mol. The molecule has 0 saturated heterocycles. The second-order valence-electron chi connectivity index (χ2n) is 7.08. The van der Waals surface area contributed by atoms with Crippen LogP contribution in [-0.2, 0) is 14.8 Å². The first-order valence-electron chi connectivity index (χ1n) is 9.42. The van der Waals surface area contributed by atoms with Gasteiger partial charge in [-0.05, 0) is 80.4 Å². The molecule has 0 radical (unpaired) electrons. The van der Waals surface area contributed by atoms with E-state index in [2.05, 4.69) is 10.0 Å². The highest BCUT2D eigenvalue weighted by Gasteiger charge is 2.14. The van der Waals surface area contributed by atoms with E-state index in [4.69, 9.17) is 4.74 Å². The zero-order chi connectivity index (χ0) is 21.7. The van der Waals surface area contributed by atoms with Crippen LogP contribution in [0.3, 0.4) is 0 Å². The molecule has 0 aliphatic carbocycles. The highest BCUT2D eigenvalue weighted by Crippen LogP contribution is 2.20. The largest absolute Gasteiger partial charge is 0.484 e. The standard InChI is InChI=1S/C23H24N2O4S/c1-16-4-7-19(8-5-16)25-30(27,28)22-12-10-21(11-13-22)29-15-23(26)24-20-9-6-17(2)18(3)14-20/h4-14,25H,15H2,1-3H3,(H,24,26). The first-order chi connectivity index (χ1) is 14.2. The lowest BCUT2D eigenvalue weighted by Crippen LogP contribution is -2.20. The molecule has 0 heterocycles. The average Bonchev–Trinajstić information content (AvgIpc) is 2.71. The third-order valence-electron chi connectivity index (χ3n) is 4.60. The van der Waals surface area contributed by atoms with Gasteiger partial charge in [-0.2, -0.15) is 0 Å². The van der Waals surface area contributed by atoms with Gasteiger partial charge in [-0.3, -0.25) is 9.52 Å². The van der Waals surface area contributed by atoms with Gasteiger partial charge in [-0.25, -0.2) is 8.42 Å². The van der Waals surface area contributed by atoms with E-state index in [1.807, 2.05) is 51.1 Å². The van der Waals surface area contributed by atoms with Gasteiger partial charge in [0.15, 0.2) is 6.61 Å². The SMILES string of the molecule is Cc1ccc(NS(=O)(=O)c2ccc(OCC(=O)Nc3ccc(C)c(C)c3)cc2)cc1. The summed E-state index contributed by atoms with van der Waals surface area (Å²) in [6, 6.07) is 18.7. The summed E-state index contributed by atoms with van der Waals surface area (Å²) in [5.74, 6) is 0.107. The summed E-state index contributed by atoms with van der Waals surface area (Å²) >= 11 is 0. The number of benzene rings is 3. The van der Waals surface area contributed by atoms with Crippen molar-refractivity contribution in [3.05, 3.63) is 83.4 Å². The van der Waals surface area contributed by atoms with Crippen molar-refractivity contribution in [1.29, 1.82) is 0 Å². The maximum atomic E-state index is 12.5. The number of ether oxygens (including phenoxy) is 1. The number of carbonyl (C=O) groups excluding carboxylic acids is 1. The lowest BCUT2D eigenvalue weighted by Gasteiger charge is -2.11. The number of hydrogen-bond acceptors (Lipinski definition) is 4. The highest BCUT2D eigenvalue weighted by molar-refractivity contribution is 7.92. The first kappa shape index (κ1) is 21.4. The van der Waals surface area contributed by atoms with Gasteiger partial charge in [0.2, 0.25) is 0 Å². The predicted octanol–water partition coefficient (Wildman–Crippen LogP) is 4.43. The first-order valence-corrected chi connectivity index (χ1v) is 10.9. The van der Waals surface area contributed by atoms with Crippen LogP contribution >= 0.6 is 0 Å². The van der Waals surface area contributed by atoms with Crippen LogP contribution in [0.4, 0.5) is 11.4 Å². The second kappa shape index (κ2) is 9.00. The normalized spacial score (nSPS) is 11.0. The van der Waals surface area contributed by atoms with E-state index in [1.54, 1.807) is 12.1 Å². The van der Waals surface area contributed by atoms with Crippen LogP contribution in [0.2, 0.25) is 0 Å². The molecule has 0 fully saturated rings. The van der Waals surface area contributed by atoms with E-state index < -0.39 is 10.0 Å². The van der Waals surface area contributed by atoms with Crippen molar-refractivity contribution in [3.8, 4) is 5.75 Å². The van der Waals surface area contributed by atoms with Crippen molar-refractivity contribution in [1.82, 2.24) is 0 Å². The molecule has 0 bridgehead atoms. The minimum absolute atomic E-state index is 0.106. The molecule has 0 aliphatic heterocycles. The molecule has 0 atom stereocenters. The molecule has 3 aromatic rings. The van der Waals surface area contributed by atoms with E-state index in [0.29, 0.717) is 17.1 Å². The molecule has 3 aromatic carbocycles. The third-order valence-corrected chi connectivity index (χ3v) is 6.00. The van der Waals surface area contributed by atoms with Crippen LogP contribution in [0.1, 0.15) is 16.7 Å². The third kappa shape index (κ3) is 5.61. The van der Waals surface area contributed by atoms with E-state index >= 15 is 0 Å². The molecular formula is C23H24N2O4S. The number of aryl methyl sites for hydroxylation is 3. The molecule has 0 unspecified atom stereocenters. The Morgan fingerprint density at radius 3 is 2.10 bits per heavy atom.